The van der Waals surface area contributed by atoms with Crippen LogP contribution in [0.5, 0.6) is 5.75 Å². The van der Waals surface area contributed by atoms with Gasteiger partial charge in [0.15, 0.2) is 0 Å². The molecule has 0 aliphatic heterocycles. The molecule has 3 heteroatoms. The minimum atomic E-state index is 0.461. The van der Waals surface area contributed by atoms with Crippen LogP contribution in [0.2, 0.25) is 5.02 Å². The highest BCUT2D eigenvalue weighted by molar-refractivity contribution is 6.30. The minimum Gasteiger partial charge on any atom is -0.489 e. The van der Waals surface area contributed by atoms with E-state index in [1.54, 1.807) is 6.07 Å². The van der Waals surface area contributed by atoms with Crippen LogP contribution >= 0.6 is 11.6 Å². The second-order valence-electron chi connectivity index (χ2n) is 4.03. The molecule has 16 heavy (non-hydrogen) atoms. The summed E-state index contributed by atoms with van der Waals surface area (Å²) >= 11 is 5.85. The van der Waals surface area contributed by atoms with Crippen LogP contribution in [0.1, 0.15) is 13.8 Å². The highest BCUT2D eigenvalue weighted by atomic mass is 35.5. The first-order chi connectivity index (χ1) is 7.58. The van der Waals surface area contributed by atoms with E-state index in [-0.39, 0.29) is 0 Å². The zero-order chi connectivity index (χ0) is 12.0. The van der Waals surface area contributed by atoms with Gasteiger partial charge in [0.05, 0.1) is 0 Å². The largest absolute Gasteiger partial charge is 0.489 e. The Labute approximate surface area is 102 Å². The Morgan fingerprint density at radius 3 is 2.88 bits per heavy atom. The van der Waals surface area contributed by atoms with Gasteiger partial charge in [0.25, 0.3) is 0 Å². The summed E-state index contributed by atoms with van der Waals surface area (Å²) < 4.78 is 5.56. The van der Waals surface area contributed by atoms with E-state index < -0.39 is 0 Å². The van der Waals surface area contributed by atoms with Crippen LogP contribution in [-0.4, -0.2) is 19.2 Å². The van der Waals surface area contributed by atoms with E-state index >= 15 is 0 Å². The SMILES string of the molecule is C=C(CNC(C)C)COc1cccc(Cl)c1. The second kappa shape index (κ2) is 6.56. The van der Waals surface area contributed by atoms with E-state index in [1.165, 1.54) is 0 Å². The molecular formula is C13H18ClNO. The summed E-state index contributed by atoms with van der Waals surface area (Å²) in [6.07, 6.45) is 0. The Hall–Kier alpha value is -0.990. The van der Waals surface area contributed by atoms with Gasteiger partial charge in [0, 0.05) is 17.6 Å². The molecule has 0 saturated carbocycles. The Kier molecular flexibility index (Phi) is 5.36. The smallest absolute Gasteiger partial charge is 0.121 e. The van der Waals surface area contributed by atoms with Gasteiger partial charge >= 0.3 is 0 Å². The normalized spacial score (nSPS) is 10.5. The first kappa shape index (κ1) is 13.1. The molecule has 0 aliphatic rings. The predicted molar refractivity (Wildman–Crippen MR) is 69.2 cm³/mol. The quantitative estimate of drug-likeness (QED) is 0.770. The molecule has 0 unspecified atom stereocenters. The Morgan fingerprint density at radius 2 is 2.25 bits per heavy atom. The van der Waals surface area contributed by atoms with Crippen molar-refractivity contribution in [1.29, 1.82) is 0 Å². The van der Waals surface area contributed by atoms with E-state index in [0.29, 0.717) is 17.7 Å². The molecule has 0 heterocycles. The lowest BCUT2D eigenvalue weighted by molar-refractivity contribution is 0.347. The molecule has 0 bridgehead atoms. The Balaban J connectivity index is 2.31. The maximum atomic E-state index is 5.85. The molecule has 1 N–H and O–H groups in total. The molecule has 88 valence electrons. The number of hydrogen-bond donors (Lipinski definition) is 1. The van der Waals surface area contributed by atoms with Crippen LogP contribution in [-0.2, 0) is 0 Å². The van der Waals surface area contributed by atoms with Gasteiger partial charge in [-0.3, -0.25) is 0 Å². The lowest BCUT2D eigenvalue weighted by atomic mass is 10.3. The molecule has 0 fully saturated rings. The number of hydrogen-bond acceptors (Lipinski definition) is 2. The van der Waals surface area contributed by atoms with Crippen LogP contribution < -0.4 is 10.1 Å². The van der Waals surface area contributed by atoms with Crippen LogP contribution in [0.25, 0.3) is 0 Å². The topological polar surface area (TPSA) is 21.3 Å². The summed E-state index contributed by atoms with van der Waals surface area (Å²) in [5, 5.41) is 3.97. The molecular weight excluding hydrogens is 222 g/mol. The maximum absolute atomic E-state index is 5.85. The van der Waals surface area contributed by atoms with Crippen molar-refractivity contribution in [3.63, 3.8) is 0 Å². The van der Waals surface area contributed by atoms with Gasteiger partial charge in [-0.2, -0.15) is 0 Å². The van der Waals surface area contributed by atoms with Gasteiger partial charge in [-0.1, -0.05) is 38.1 Å². The first-order valence-electron chi connectivity index (χ1n) is 5.36. The molecule has 0 spiro atoms. The van der Waals surface area contributed by atoms with Crippen molar-refractivity contribution in [2.75, 3.05) is 13.2 Å². The standard InChI is InChI=1S/C13H18ClNO/c1-10(2)15-8-11(3)9-16-13-6-4-5-12(14)7-13/h4-7,10,15H,3,8-9H2,1-2H3. The van der Waals surface area contributed by atoms with Crippen LogP contribution in [0, 0.1) is 0 Å². The van der Waals surface area contributed by atoms with Gasteiger partial charge < -0.3 is 10.1 Å². The summed E-state index contributed by atoms with van der Waals surface area (Å²) in [5.74, 6) is 0.776. The zero-order valence-electron chi connectivity index (χ0n) is 9.79. The van der Waals surface area contributed by atoms with Crippen LogP contribution in [0.15, 0.2) is 36.4 Å². The summed E-state index contributed by atoms with van der Waals surface area (Å²) in [5.41, 5.74) is 1.02. The van der Waals surface area contributed by atoms with Gasteiger partial charge in [0.1, 0.15) is 12.4 Å². The Morgan fingerprint density at radius 1 is 1.50 bits per heavy atom. The fourth-order valence-electron chi connectivity index (χ4n) is 1.14. The third-order valence-electron chi connectivity index (χ3n) is 2.00. The van der Waals surface area contributed by atoms with Crippen molar-refractivity contribution in [2.24, 2.45) is 0 Å². The molecule has 0 atom stereocenters. The van der Waals surface area contributed by atoms with Crippen molar-refractivity contribution in [3.05, 3.63) is 41.4 Å². The maximum Gasteiger partial charge on any atom is 0.121 e. The van der Waals surface area contributed by atoms with Crippen molar-refractivity contribution in [3.8, 4) is 5.75 Å². The van der Waals surface area contributed by atoms with E-state index in [9.17, 15) is 0 Å². The third-order valence-corrected chi connectivity index (χ3v) is 2.23. The van der Waals surface area contributed by atoms with Crippen molar-refractivity contribution < 1.29 is 4.74 Å². The Bertz CT molecular complexity index is 350. The molecule has 1 aromatic rings. The van der Waals surface area contributed by atoms with E-state index in [2.05, 4.69) is 25.7 Å². The zero-order valence-corrected chi connectivity index (χ0v) is 10.6. The number of rotatable bonds is 6. The predicted octanol–water partition coefficient (Wildman–Crippen LogP) is 3.27. The summed E-state index contributed by atoms with van der Waals surface area (Å²) in [6.45, 7) is 9.44. The summed E-state index contributed by atoms with van der Waals surface area (Å²) in [7, 11) is 0. The van der Waals surface area contributed by atoms with Gasteiger partial charge in [-0.15, -0.1) is 0 Å². The second-order valence-corrected chi connectivity index (χ2v) is 4.47. The third kappa shape index (κ3) is 5.19. The fraction of sp³-hybridized carbons (Fsp3) is 0.385. The van der Waals surface area contributed by atoms with Crippen LogP contribution in [0.4, 0.5) is 0 Å². The number of nitrogens with one attached hydrogen (secondary N) is 1. The average molecular weight is 240 g/mol. The number of benzene rings is 1. The highest BCUT2D eigenvalue weighted by Crippen LogP contribution is 2.17. The van der Waals surface area contributed by atoms with Gasteiger partial charge in [0.2, 0.25) is 0 Å². The first-order valence-corrected chi connectivity index (χ1v) is 5.74. The lowest BCUT2D eigenvalue weighted by Gasteiger charge is -2.11. The van der Waals surface area contributed by atoms with Crippen molar-refractivity contribution in [2.45, 2.75) is 19.9 Å². The molecule has 0 aromatic heterocycles. The van der Waals surface area contributed by atoms with Gasteiger partial charge in [-0.05, 0) is 23.8 Å². The monoisotopic (exact) mass is 239 g/mol. The molecule has 2 nitrogen and oxygen atoms in total. The van der Waals surface area contributed by atoms with Crippen LogP contribution in [0.3, 0.4) is 0 Å². The lowest BCUT2D eigenvalue weighted by Crippen LogP contribution is -2.26. The molecule has 1 rings (SSSR count). The van der Waals surface area contributed by atoms with E-state index in [0.717, 1.165) is 17.9 Å². The highest BCUT2D eigenvalue weighted by Gasteiger charge is 1.99. The minimum absolute atomic E-state index is 0.461. The fourth-order valence-corrected chi connectivity index (χ4v) is 1.32. The molecule has 0 aliphatic carbocycles. The average Bonchev–Trinajstić information content (AvgIpc) is 2.23. The summed E-state index contributed by atoms with van der Waals surface area (Å²) in [6, 6.07) is 7.83. The van der Waals surface area contributed by atoms with E-state index in [1.807, 2.05) is 18.2 Å². The van der Waals surface area contributed by atoms with Gasteiger partial charge in [-0.25, -0.2) is 0 Å². The van der Waals surface area contributed by atoms with E-state index in [4.69, 9.17) is 16.3 Å². The van der Waals surface area contributed by atoms with Crippen molar-refractivity contribution >= 4 is 11.6 Å². The molecule has 0 saturated heterocycles. The number of ether oxygens (including phenoxy) is 1. The van der Waals surface area contributed by atoms with Crippen molar-refractivity contribution in [1.82, 2.24) is 5.32 Å². The summed E-state index contributed by atoms with van der Waals surface area (Å²) in [4.78, 5) is 0. The number of halogens is 1. The molecule has 0 radical (unpaired) electrons. The molecule has 1 aromatic carbocycles. The molecule has 0 amide bonds.